The van der Waals surface area contributed by atoms with E-state index in [0.717, 1.165) is 36.8 Å². The van der Waals surface area contributed by atoms with E-state index in [1.54, 1.807) is 6.07 Å². The highest BCUT2D eigenvalue weighted by Crippen LogP contribution is 2.35. The molecule has 0 atom stereocenters. The summed E-state index contributed by atoms with van der Waals surface area (Å²) < 4.78 is 0. The maximum absolute atomic E-state index is 9.60. The average Bonchev–Trinajstić information content (AvgIpc) is 2.20. The molecule has 3 heteroatoms. The molecule has 0 radical (unpaired) electrons. The SMILES string of the molecule is N#Cc1c(O)c(Cl)cc2c1CCCC2. The Morgan fingerprint density at radius 1 is 1.36 bits per heavy atom. The highest BCUT2D eigenvalue weighted by atomic mass is 35.5. The van der Waals surface area contributed by atoms with Crippen LogP contribution in [-0.2, 0) is 12.8 Å². The molecule has 1 aliphatic carbocycles. The lowest BCUT2D eigenvalue weighted by Gasteiger charge is -2.18. The molecule has 0 aromatic heterocycles. The average molecular weight is 208 g/mol. The van der Waals surface area contributed by atoms with Gasteiger partial charge in [0.15, 0.2) is 5.75 Å². The zero-order valence-electron chi connectivity index (χ0n) is 7.68. The van der Waals surface area contributed by atoms with Gasteiger partial charge in [0.2, 0.25) is 0 Å². The summed E-state index contributed by atoms with van der Waals surface area (Å²) in [6.45, 7) is 0. The van der Waals surface area contributed by atoms with E-state index >= 15 is 0 Å². The fourth-order valence-corrected chi connectivity index (χ4v) is 2.20. The first-order valence-electron chi connectivity index (χ1n) is 4.67. The number of hydrogen-bond donors (Lipinski definition) is 1. The van der Waals surface area contributed by atoms with E-state index in [-0.39, 0.29) is 5.75 Å². The van der Waals surface area contributed by atoms with Crippen molar-refractivity contribution < 1.29 is 5.11 Å². The van der Waals surface area contributed by atoms with Gasteiger partial charge in [0, 0.05) is 0 Å². The second kappa shape index (κ2) is 3.51. The fraction of sp³-hybridized carbons (Fsp3) is 0.364. The Bertz CT molecular complexity index is 420. The minimum atomic E-state index is -0.0604. The summed E-state index contributed by atoms with van der Waals surface area (Å²) in [5.74, 6) is -0.0604. The van der Waals surface area contributed by atoms with E-state index in [2.05, 4.69) is 0 Å². The molecule has 0 heterocycles. The van der Waals surface area contributed by atoms with Crippen molar-refractivity contribution in [2.45, 2.75) is 25.7 Å². The molecule has 1 aliphatic rings. The molecule has 0 unspecified atom stereocenters. The van der Waals surface area contributed by atoms with Crippen molar-refractivity contribution in [1.29, 1.82) is 5.26 Å². The van der Waals surface area contributed by atoms with Crippen LogP contribution in [0.4, 0.5) is 0 Å². The normalized spacial score (nSPS) is 14.6. The number of nitriles is 1. The van der Waals surface area contributed by atoms with Crippen molar-refractivity contribution >= 4 is 11.6 Å². The number of phenolic OH excluding ortho intramolecular Hbond substituents is 1. The molecule has 0 saturated heterocycles. The fourth-order valence-electron chi connectivity index (χ4n) is 1.98. The van der Waals surface area contributed by atoms with E-state index in [1.807, 2.05) is 6.07 Å². The lowest BCUT2D eigenvalue weighted by molar-refractivity contribution is 0.471. The Hall–Kier alpha value is -1.20. The minimum absolute atomic E-state index is 0.0604. The predicted octanol–water partition coefficient (Wildman–Crippen LogP) is 2.80. The van der Waals surface area contributed by atoms with Crippen LogP contribution in [0.25, 0.3) is 0 Å². The van der Waals surface area contributed by atoms with Crippen molar-refractivity contribution in [2.75, 3.05) is 0 Å². The Labute approximate surface area is 87.7 Å². The number of hydrogen-bond acceptors (Lipinski definition) is 2. The molecule has 14 heavy (non-hydrogen) atoms. The summed E-state index contributed by atoms with van der Waals surface area (Å²) in [6.07, 6.45) is 4.06. The number of aromatic hydroxyl groups is 1. The molecule has 0 fully saturated rings. The largest absolute Gasteiger partial charge is 0.505 e. The highest BCUT2D eigenvalue weighted by Gasteiger charge is 2.18. The van der Waals surface area contributed by atoms with Gasteiger partial charge in [-0.15, -0.1) is 0 Å². The maximum Gasteiger partial charge on any atom is 0.152 e. The second-order valence-corrected chi connectivity index (χ2v) is 3.95. The van der Waals surface area contributed by atoms with Gasteiger partial charge in [0.1, 0.15) is 6.07 Å². The number of phenols is 1. The monoisotopic (exact) mass is 207 g/mol. The van der Waals surface area contributed by atoms with E-state index in [4.69, 9.17) is 16.9 Å². The molecule has 0 aliphatic heterocycles. The van der Waals surface area contributed by atoms with Crippen LogP contribution >= 0.6 is 11.6 Å². The van der Waals surface area contributed by atoms with Crippen molar-refractivity contribution in [2.24, 2.45) is 0 Å². The Balaban J connectivity index is 2.67. The van der Waals surface area contributed by atoms with Gasteiger partial charge in [-0.25, -0.2) is 0 Å². The van der Waals surface area contributed by atoms with Gasteiger partial charge in [-0.1, -0.05) is 11.6 Å². The van der Waals surface area contributed by atoms with Crippen molar-refractivity contribution in [3.05, 3.63) is 27.8 Å². The quantitative estimate of drug-likeness (QED) is 0.711. The molecule has 72 valence electrons. The van der Waals surface area contributed by atoms with E-state index in [0.29, 0.717) is 10.6 Å². The third kappa shape index (κ3) is 1.34. The van der Waals surface area contributed by atoms with Crippen LogP contribution in [0.15, 0.2) is 6.07 Å². The summed E-state index contributed by atoms with van der Waals surface area (Å²) >= 11 is 5.83. The van der Waals surface area contributed by atoms with Crippen molar-refractivity contribution in [3.8, 4) is 11.8 Å². The smallest absolute Gasteiger partial charge is 0.152 e. The number of halogens is 1. The number of aryl methyl sites for hydroxylation is 1. The van der Waals surface area contributed by atoms with Crippen LogP contribution in [-0.4, -0.2) is 5.11 Å². The van der Waals surface area contributed by atoms with E-state index in [1.165, 1.54) is 0 Å². The third-order valence-electron chi connectivity index (χ3n) is 2.69. The summed E-state index contributed by atoms with van der Waals surface area (Å²) in [4.78, 5) is 0. The zero-order chi connectivity index (χ0) is 10.1. The molecule has 0 amide bonds. The van der Waals surface area contributed by atoms with Gasteiger partial charge in [-0.05, 0) is 42.9 Å². The standard InChI is InChI=1S/C11H10ClNO/c12-10-5-7-3-1-2-4-8(7)9(6-13)11(10)14/h5,14H,1-4H2. The maximum atomic E-state index is 9.60. The summed E-state index contributed by atoms with van der Waals surface area (Å²) in [5, 5.41) is 18.8. The lowest BCUT2D eigenvalue weighted by Crippen LogP contribution is -2.05. The van der Waals surface area contributed by atoms with Gasteiger partial charge in [0.05, 0.1) is 10.6 Å². The Morgan fingerprint density at radius 2 is 2.07 bits per heavy atom. The molecular formula is C11H10ClNO. The summed E-state index contributed by atoms with van der Waals surface area (Å²) in [7, 11) is 0. The topological polar surface area (TPSA) is 44.0 Å². The minimum Gasteiger partial charge on any atom is -0.505 e. The van der Waals surface area contributed by atoms with Crippen LogP contribution in [0, 0.1) is 11.3 Å². The van der Waals surface area contributed by atoms with Crippen molar-refractivity contribution in [1.82, 2.24) is 0 Å². The molecule has 2 rings (SSSR count). The molecule has 0 spiro atoms. The van der Waals surface area contributed by atoms with E-state index in [9.17, 15) is 5.11 Å². The third-order valence-corrected chi connectivity index (χ3v) is 2.98. The first-order valence-corrected chi connectivity index (χ1v) is 5.05. The number of fused-ring (bicyclic) bond motifs is 1. The van der Waals surface area contributed by atoms with Gasteiger partial charge in [0.25, 0.3) is 0 Å². The number of benzene rings is 1. The first kappa shape index (κ1) is 9.36. The van der Waals surface area contributed by atoms with Crippen LogP contribution in [0.5, 0.6) is 5.75 Å². The molecule has 1 N–H and O–H groups in total. The van der Waals surface area contributed by atoms with Gasteiger partial charge in [-0.2, -0.15) is 5.26 Å². The molecule has 0 saturated carbocycles. The highest BCUT2D eigenvalue weighted by molar-refractivity contribution is 6.32. The molecular weight excluding hydrogens is 198 g/mol. The number of rotatable bonds is 0. The zero-order valence-corrected chi connectivity index (χ0v) is 8.43. The molecule has 0 bridgehead atoms. The van der Waals surface area contributed by atoms with Gasteiger partial charge in [-0.3, -0.25) is 0 Å². The van der Waals surface area contributed by atoms with Gasteiger partial charge >= 0.3 is 0 Å². The van der Waals surface area contributed by atoms with Crippen LogP contribution in [0.2, 0.25) is 5.02 Å². The van der Waals surface area contributed by atoms with Crippen LogP contribution in [0.1, 0.15) is 29.5 Å². The Morgan fingerprint density at radius 3 is 2.79 bits per heavy atom. The molecule has 1 aromatic carbocycles. The van der Waals surface area contributed by atoms with Crippen molar-refractivity contribution in [3.63, 3.8) is 0 Å². The molecule has 2 nitrogen and oxygen atoms in total. The van der Waals surface area contributed by atoms with Crippen LogP contribution < -0.4 is 0 Å². The predicted molar refractivity (Wildman–Crippen MR) is 54.5 cm³/mol. The lowest BCUT2D eigenvalue weighted by atomic mass is 9.88. The van der Waals surface area contributed by atoms with E-state index < -0.39 is 0 Å². The number of nitrogens with zero attached hydrogens (tertiary/aromatic N) is 1. The summed E-state index contributed by atoms with van der Waals surface area (Å²) in [5.41, 5.74) is 2.48. The Kier molecular flexibility index (Phi) is 2.35. The first-order chi connectivity index (χ1) is 6.74. The van der Waals surface area contributed by atoms with Gasteiger partial charge < -0.3 is 5.11 Å². The molecule has 1 aromatic rings. The van der Waals surface area contributed by atoms with Crippen LogP contribution in [0.3, 0.4) is 0 Å². The second-order valence-electron chi connectivity index (χ2n) is 3.54. The summed E-state index contributed by atoms with van der Waals surface area (Å²) in [6, 6.07) is 3.81.